The summed E-state index contributed by atoms with van der Waals surface area (Å²) < 4.78 is 0. The van der Waals surface area contributed by atoms with Crippen LogP contribution in [0.3, 0.4) is 0 Å². The molecule has 0 spiro atoms. The van der Waals surface area contributed by atoms with Crippen LogP contribution < -0.4 is 5.32 Å². The fourth-order valence-electron chi connectivity index (χ4n) is 3.92. The number of rotatable bonds is 5. The minimum Gasteiger partial charge on any atom is -0.326 e. The van der Waals surface area contributed by atoms with Crippen LogP contribution in [0.25, 0.3) is 5.57 Å². The Balaban J connectivity index is 1.36. The molecule has 2 aromatic rings. The number of anilines is 1. The van der Waals surface area contributed by atoms with Crippen LogP contribution in [-0.4, -0.2) is 36.2 Å². The van der Waals surface area contributed by atoms with E-state index in [2.05, 4.69) is 28.4 Å². The summed E-state index contributed by atoms with van der Waals surface area (Å²) in [5.41, 5.74) is 5.09. The van der Waals surface area contributed by atoms with Gasteiger partial charge in [-0.25, -0.2) is 0 Å². The van der Waals surface area contributed by atoms with Gasteiger partial charge in [-0.05, 0) is 47.7 Å². The van der Waals surface area contributed by atoms with Crippen molar-refractivity contribution >= 4 is 34.6 Å². The van der Waals surface area contributed by atoms with Crippen LogP contribution in [0.1, 0.15) is 40.7 Å². The number of fused-ring (bicyclic) bond motifs is 1. The first-order chi connectivity index (χ1) is 13.6. The number of nitrogens with one attached hydrogen (secondary N) is 1. The van der Waals surface area contributed by atoms with Gasteiger partial charge in [0.25, 0.3) is 0 Å². The summed E-state index contributed by atoms with van der Waals surface area (Å²) in [6.45, 7) is 2.55. The molecule has 5 heteroatoms. The second-order valence-electron chi connectivity index (χ2n) is 7.34. The Kier molecular flexibility index (Phi) is 5.60. The van der Waals surface area contributed by atoms with E-state index in [0.717, 1.165) is 47.9 Å². The molecule has 0 bridgehead atoms. The van der Waals surface area contributed by atoms with E-state index in [0.29, 0.717) is 19.3 Å². The first-order valence-electron chi connectivity index (χ1n) is 9.72. The zero-order chi connectivity index (χ0) is 19.5. The van der Waals surface area contributed by atoms with Gasteiger partial charge >= 0.3 is 0 Å². The second kappa shape index (κ2) is 8.29. The van der Waals surface area contributed by atoms with E-state index >= 15 is 0 Å². The summed E-state index contributed by atoms with van der Waals surface area (Å²) >= 11 is 5.97. The molecule has 0 fully saturated rings. The van der Waals surface area contributed by atoms with Gasteiger partial charge in [-0.2, -0.15) is 0 Å². The van der Waals surface area contributed by atoms with Crippen molar-refractivity contribution in [2.75, 3.05) is 25.0 Å². The molecule has 0 unspecified atom stereocenters. The summed E-state index contributed by atoms with van der Waals surface area (Å²) in [5, 5.41) is 3.62. The highest BCUT2D eigenvalue weighted by Gasteiger charge is 2.21. The lowest BCUT2D eigenvalue weighted by Gasteiger charge is -2.26. The molecule has 1 N–H and O–H groups in total. The van der Waals surface area contributed by atoms with Gasteiger partial charge in [-0.3, -0.25) is 14.5 Å². The number of hydrogen-bond donors (Lipinski definition) is 1. The van der Waals surface area contributed by atoms with Gasteiger partial charge in [0.15, 0.2) is 5.78 Å². The number of Topliss-reactive ketones (excluding diaryl/α,β-unsaturated/α-hetero) is 1. The first kappa shape index (κ1) is 18.9. The quantitative estimate of drug-likeness (QED) is 0.755. The largest absolute Gasteiger partial charge is 0.326 e. The van der Waals surface area contributed by atoms with E-state index in [9.17, 15) is 9.59 Å². The number of hydrogen-bond acceptors (Lipinski definition) is 3. The average Bonchev–Trinajstić information content (AvgIpc) is 2.72. The number of ketones is 1. The fourth-order valence-corrected chi connectivity index (χ4v) is 4.05. The summed E-state index contributed by atoms with van der Waals surface area (Å²) in [7, 11) is 0. The first-order valence-corrected chi connectivity index (χ1v) is 10.1. The van der Waals surface area contributed by atoms with Crippen molar-refractivity contribution in [1.82, 2.24) is 4.90 Å². The van der Waals surface area contributed by atoms with Crippen LogP contribution in [0.2, 0.25) is 5.02 Å². The molecule has 2 heterocycles. The van der Waals surface area contributed by atoms with Crippen LogP contribution in [0.4, 0.5) is 5.69 Å². The second-order valence-corrected chi connectivity index (χ2v) is 7.78. The maximum Gasteiger partial charge on any atom is 0.224 e. The zero-order valence-electron chi connectivity index (χ0n) is 15.7. The number of halogens is 1. The summed E-state index contributed by atoms with van der Waals surface area (Å²) in [5.74, 6) is 0.175. The molecule has 28 heavy (non-hydrogen) atoms. The lowest BCUT2D eigenvalue weighted by atomic mass is 9.93. The van der Waals surface area contributed by atoms with Crippen molar-refractivity contribution in [3.8, 4) is 0 Å². The van der Waals surface area contributed by atoms with Crippen molar-refractivity contribution in [1.29, 1.82) is 0 Å². The molecule has 0 radical (unpaired) electrons. The summed E-state index contributed by atoms with van der Waals surface area (Å²) in [4.78, 5) is 26.7. The van der Waals surface area contributed by atoms with Crippen molar-refractivity contribution in [3.05, 3.63) is 70.3 Å². The number of amides is 1. The lowest BCUT2D eigenvalue weighted by molar-refractivity contribution is -0.116. The van der Waals surface area contributed by atoms with E-state index in [1.807, 2.05) is 30.3 Å². The van der Waals surface area contributed by atoms with Gasteiger partial charge in [-0.1, -0.05) is 41.9 Å². The number of nitrogens with zero attached hydrogens (tertiary/aromatic N) is 1. The molecule has 0 aliphatic carbocycles. The molecule has 4 rings (SSSR count). The standard InChI is InChI=1S/C23H23ClN2O2/c24-18-6-4-16(5-7-18)17-10-13-26(14-11-17)15-12-22(27)20-2-1-3-21-19(20)8-9-23(28)25-21/h1-7,10H,8-9,11-15H2,(H,25,28). The van der Waals surface area contributed by atoms with Gasteiger partial charge in [0.2, 0.25) is 5.91 Å². The molecule has 4 nitrogen and oxygen atoms in total. The van der Waals surface area contributed by atoms with E-state index in [-0.39, 0.29) is 11.7 Å². The molecule has 2 aromatic carbocycles. The average molecular weight is 395 g/mol. The van der Waals surface area contributed by atoms with Crippen LogP contribution >= 0.6 is 11.6 Å². The Labute approximate surface area is 170 Å². The molecule has 2 aliphatic rings. The van der Waals surface area contributed by atoms with Crippen molar-refractivity contribution in [3.63, 3.8) is 0 Å². The van der Waals surface area contributed by atoms with E-state index in [4.69, 9.17) is 11.6 Å². The van der Waals surface area contributed by atoms with E-state index < -0.39 is 0 Å². The normalized spacial score (nSPS) is 16.9. The predicted octanol–water partition coefficient (Wildman–Crippen LogP) is 4.59. The topological polar surface area (TPSA) is 49.4 Å². The van der Waals surface area contributed by atoms with Crippen LogP contribution in [0.15, 0.2) is 48.5 Å². The molecule has 0 saturated carbocycles. The Hall–Kier alpha value is -2.43. The SMILES string of the molecule is O=C1CCc2c(cccc2C(=O)CCN2CC=C(c3ccc(Cl)cc3)CC2)N1. The van der Waals surface area contributed by atoms with Gasteiger partial charge in [0.1, 0.15) is 0 Å². The van der Waals surface area contributed by atoms with Crippen molar-refractivity contribution in [2.45, 2.75) is 25.7 Å². The molecule has 0 saturated heterocycles. The third kappa shape index (κ3) is 4.18. The monoisotopic (exact) mass is 394 g/mol. The summed E-state index contributed by atoms with van der Waals surface area (Å²) in [6, 6.07) is 13.6. The number of carbonyl (C=O) groups is 2. The molecule has 0 aromatic heterocycles. The van der Waals surface area contributed by atoms with Crippen LogP contribution in [0, 0.1) is 0 Å². The fraction of sp³-hybridized carbons (Fsp3) is 0.304. The Morgan fingerprint density at radius 3 is 2.64 bits per heavy atom. The highest BCUT2D eigenvalue weighted by molar-refractivity contribution is 6.30. The molecular formula is C23H23ClN2O2. The minimum absolute atomic E-state index is 0.0219. The maximum absolute atomic E-state index is 12.8. The smallest absolute Gasteiger partial charge is 0.224 e. The Morgan fingerprint density at radius 1 is 1.07 bits per heavy atom. The van der Waals surface area contributed by atoms with Gasteiger partial charge < -0.3 is 5.32 Å². The van der Waals surface area contributed by atoms with Crippen LogP contribution in [0.5, 0.6) is 0 Å². The van der Waals surface area contributed by atoms with Gasteiger partial charge in [0.05, 0.1) is 0 Å². The minimum atomic E-state index is 0.0219. The maximum atomic E-state index is 12.8. The predicted molar refractivity (Wildman–Crippen MR) is 113 cm³/mol. The Morgan fingerprint density at radius 2 is 1.89 bits per heavy atom. The zero-order valence-corrected chi connectivity index (χ0v) is 16.5. The summed E-state index contributed by atoms with van der Waals surface area (Å²) in [6.07, 6.45) is 4.80. The molecular weight excluding hydrogens is 372 g/mol. The molecule has 1 amide bonds. The van der Waals surface area contributed by atoms with Crippen molar-refractivity contribution in [2.24, 2.45) is 0 Å². The highest BCUT2D eigenvalue weighted by atomic mass is 35.5. The van der Waals surface area contributed by atoms with E-state index in [1.165, 1.54) is 11.1 Å². The molecule has 0 atom stereocenters. The number of benzene rings is 2. The van der Waals surface area contributed by atoms with Gasteiger partial charge in [0, 0.05) is 48.7 Å². The molecule has 144 valence electrons. The van der Waals surface area contributed by atoms with Crippen LogP contribution in [-0.2, 0) is 11.2 Å². The third-order valence-electron chi connectivity index (χ3n) is 5.52. The van der Waals surface area contributed by atoms with Gasteiger partial charge in [-0.15, -0.1) is 0 Å². The third-order valence-corrected chi connectivity index (χ3v) is 5.77. The van der Waals surface area contributed by atoms with Crippen molar-refractivity contribution < 1.29 is 9.59 Å². The Bertz CT molecular complexity index is 934. The molecule has 2 aliphatic heterocycles. The lowest BCUT2D eigenvalue weighted by Crippen LogP contribution is -2.31. The number of carbonyl (C=O) groups excluding carboxylic acids is 2. The highest BCUT2D eigenvalue weighted by Crippen LogP contribution is 2.27. The van der Waals surface area contributed by atoms with E-state index in [1.54, 1.807) is 0 Å².